The number of ether oxygens (including phenoxy) is 1. The van der Waals surface area contributed by atoms with Gasteiger partial charge in [0.25, 0.3) is 0 Å². The quantitative estimate of drug-likeness (QED) is 0.430. The Hall–Kier alpha value is -0.231. The molecule has 4 nitrogen and oxygen atoms in total. The molecule has 1 aliphatic carbocycles. The molecule has 0 aromatic carbocycles. The fraction of sp³-hybridized carbons (Fsp3) is 0.864. The van der Waals surface area contributed by atoms with Crippen molar-refractivity contribution in [2.75, 3.05) is 6.54 Å². The van der Waals surface area contributed by atoms with Crippen LogP contribution in [-0.4, -0.2) is 59.3 Å². The first-order chi connectivity index (χ1) is 13.1. The van der Waals surface area contributed by atoms with Gasteiger partial charge in [0.1, 0.15) is 0 Å². The number of carbonyl (C=O) groups is 1. The average molecular weight is 484 g/mol. The van der Waals surface area contributed by atoms with E-state index in [1.54, 1.807) is 0 Å². The van der Waals surface area contributed by atoms with Crippen LogP contribution in [0, 0.1) is 5.92 Å². The SMILES string of the molecule is CCC[CH2][Sn](/[CH]=C1\[C@@H](O)[C@H]2OC(=O)N3CCC[C@@H]1[C@@H]23)([CH2]CCC)[CH2]CCC. The van der Waals surface area contributed by atoms with Crippen molar-refractivity contribution in [3.05, 3.63) is 9.67 Å². The molecule has 1 amide bonds. The molecule has 3 aliphatic rings. The van der Waals surface area contributed by atoms with Crippen molar-refractivity contribution in [1.82, 2.24) is 4.90 Å². The number of aliphatic hydroxyl groups excluding tert-OH is 1. The van der Waals surface area contributed by atoms with Gasteiger partial charge in [-0.1, -0.05) is 0 Å². The summed E-state index contributed by atoms with van der Waals surface area (Å²) >= 11 is -2.47. The van der Waals surface area contributed by atoms with Crippen molar-refractivity contribution < 1.29 is 14.6 Å². The Labute approximate surface area is 169 Å². The molecule has 0 bridgehead atoms. The number of carbonyl (C=O) groups excluding carboxylic acids is 1. The van der Waals surface area contributed by atoms with E-state index in [1.807, 2.05) is 4.90 Å². The maximum atomic E-state index is 12.1. The molecular formula is C22H39NO3Sn. The number of rotatable bonds is 10. The van der Waals surface area contributed by atoms with Crippen LogP contribution in [0.5, 0.6) is 0 Å². The van der Waals surface area contributed by atoms with Gasteiger partial charge in [0, 0.05) is 0 Å². The Kier molecular flexibility index (Phi) is 7.57. The molecule has 1 N–H and O–H groups in total. The summed E-state index contributed by atoms with van der Waals surface area (Å²) in [5.41, 5.74) is 1.28. The number of aliphatic hydroxyl groups is 1. The summed E-state index contributed by atoms with van der Waals surface area (Å²) < 4.78 is 12.6. The number of hydrogen-bond acceptors (Lipinski definition) is 3. The molecule has 4 atom stereocenters. The van der Waals surface area contributed by atoms with Gasteiger partial charge in [-0.3, -0.25) is 0 Å². The van der Waals surface area contributed by atoms with Gasteiger partial charge in [-0.2, -0.15) is 0 Å². The second-order valence-electron chi connectivity index (χ2n) is 9.04. The molecule has 5 heteroatoms. The number of hydrogen-bond donors (Lipinski definition) is 1. The number of amides is 1. The summed E-state index contributed by atoms with van der Waals surface area (Å²) in [7, 11) is 0. The minimum absolute atomic E-state index is 0.0972. The summed E-state index contributed by atoms with van der Waals surface area (Å²) in [4.78, 5) is 14.1. The standard InChI is InChI=1S/C10H12NO3.3C4H9.Sn/c1-5-6-3-2-4-11-7(6)9(8(5)12)14-10(11)13;3*1-3-4-2;/h1,6-9,12H,2-4H2;3*1,3-4H2,2H3;/t6-,7-,8+,9-;;;;/m0..../s1. The van der Waals surface area contributed by atoms with Gasteiger partial charge >= 0.3 is 170 Å². The van der Waals surface area contributed by atoms with E-state index in [4.69, 9.17) is 4.74 Å². The minimum atomic E-state index is -2.47. The van der Waals surface area contributed by atoms with Crippen molar-refractivity contribution in [3.8, 4) is 0 Å². The van der Waals surface area contributed by atoms with E-state index in [0.717, 1.165) is 19.4 Å². The van der Waals surface area contributed by atoms with Gasteiger partial charge in [0.05, 0.1) is 0 Å². The van der Waals surface area contributed by atoms with Gasteiger partial charge in [-0.25, -0.2) is 0 Å². The summed E-state index contributed by atoms with van der Waals surface area (Å²) in [5.74, 6) is 0.339. The molecule has 2 aliphatic heterocycles. The fourth-order valence-electron chi connectivity index (χ4n) is 5.64. The zero-order valence-electron chi connectivity index (χ0n) is 17.6. The predicted molar refractivity (Wildman–Crippen MR) is 112 cm³/mol. The summed E-state index contributed by atoms with van der Waals surface area (Å²) in [6, 6.07) is 0.0972. The third kappa shape index (κ3) is 4.36. The summed E-state index contributed by atoms with van der Waals surface area (Å²) in [6.07, 6.45) is 8.86. The Balaban J connectivity index is 1.91. The molecule has 0 aromatic rings. The van der Waals surface area contributed by atoms with E-state index < -0.39 is 24.5 Å². The van der Waals surface area contributed by atoms with E-state index in [0.29, 0.717) is 5.92 Å². The molecule has 2 saturated heterocycles. The van der Waals surface area contributed by atoms with Gasteiger partial charge in [0.2, 0.25) is 0 Å². The van der Waals surface area contributed by atoms with Crippen LogP contribution in [0.25, 0.3) is 0 Å². The molecule has 27 heavy (non-hydrogen) atoms. The average Bonchev–Trinajstić information content (AvgIpc) is 3.15. The number of unbranched alkanes of at least 4 members (excludes halogenated alkanes) is 3. The van der Waals surface area contributed by atoms with E-state index in [9.17, 15) is 9.90 Å². The molecule has 0 unspecified atom stereocenters. The molecule has 1 saturated carbocycles. The van der Waals surface area contributed by atoms with Gasteiger partial charge < -0.3 is 0 Å². The van der Waals surface area contributed by atoms with Crippen LogP contribution >= 0.6 is 0 Å². The third-order valence-electron chi connectivity index (χ3n) is 7.13. The van der Waals surface area contributed by atoms with Gasteiger partial charge in [-0.15, -0.1) is 0 Å². The van der Waals surface area contributed by atoms with Crippen LogP contribution in [0.4, 0.5) is 4.79 Å². The Bertz CT molecular complexity index is 528. The van der Waals surface area contributed by atoms with Crippen LogP contribution < -0.4 is 0 Å². The molecular weight excluding hydrogens is 445 g/mol. The van der Waals surface area contributed by atoms with E-state index in [1.165, 1.54) is 57.4 Å². The van der Waals surface area contributed by atoms with Crippen molar-refractivity contribution in [1.29, 1.82) is 0 Å². The molecule has 154 valence electrons. The molecule has 0 spiro atoms. The number of piperidine rings is 1. The number of nitrogens with zero attached hydrogens (tertiary/aromatic N) is 1. The van der Waals surface area contributed by atoms with Crippen LogP contribution in [-0.2, 0) is 4.74 Å². The summed E-state index contributed by atoms with van der Waals surface area (Å²) in [5, 5.41) is 11.1. The van der Waals surface area contributed by atoms with Crippen LogP contribution in [0.15, 0.2) is 9.67 Å². The first-order valence-corrected chi connectivity index (χ1v) is 19.1. The van der Waals surface area contributed by atoms with Crippen molar-refractivity contribution in [2.45, 2.75) is 104 Å². The van der Waals surface area contributed by atoms with E-state index >= 15 is 0 Å². The van der Waals surface area contributed by atoms with Crippen molar-refractivity contribution >= 4 is 24.5 Å². The first kappa shape index (κ1) is 21.5. The first-order valence-electron chi connectivity index (χ1n) is 11.4. The zero-order valence-corrected chi connectivity index (χ0v) is 20.4. The van der Waals surface area contributed by atoms with Gasteiger partial charge in [0.15, 0.2) is 0 Å². The Morgan fingerprint density at radius 2 is 1.70 bits per heavy atom. The zero-order chi connectivity index (χ0) is 19.4. The topological polar surface area (TPSA) is 49.8 Å². The molecule has 2 heterocycles. The Morgan fingerprint density at radius 3 is 2.26 bits per heavy atom. The van der Waals surface area contributed by atoms with Crippen LogP contribution in [0.3, 0.4) is 0 Å². The molecule has 0 aromatic heterocycles. The monoisotopic (exact) mass is 485 g/mol. The molecule has 0 radical (unpaired) electrons. The van der Waals surface area contributed by atoms with Crippen molar-refractivity contribution in [2.24, 2.45) is 5.92 Å². The molecule has 3 fully saturated rings. The second-order valence-corrected chi connectivity index (χ2v) is 21.9. The summed E-state index contributed by atoms with van der Waals surface area (Å²) in [6.45, 7) is 7.70. The Morgan fingerprint density at radius 1 is 1.11 bits per heavy atom. The normalized spacial score (nSPS) is 31.5. The van der Waals surface area contributed by atoms with Crippen LogP contribution in [0.2, 0.25) is 13.3 Å². The van der Waals surface area contributed by atoms with E-state index in [2.05, 4.69) is 24.9 Å². The fourth-order valence-corrected chi connectivity index (χ4v) is 21.2. The van der Waals surface area contributed by atoms with Gasteiger partial charge in [-0.05, 0) is 0 Å². The van der Waals surface area contributed by atoms with Crippen LogP contribution in [0.1, 0.15) is 72.1 Å². The second kappa shape index (κ2) is 9.51. The predicted octanol–water partition coefficient (Wildman–Crippen LogP) is 5.28. The third-order valence-corrected chi connectivity index (χ3v) is 21.4. The maximum absolute atomic E-state index is 12.1. The molecule has 3 rings (SSSR count). The van der Waals surface area contributed by atoms with Crippen molar-refractivity contribution in [3.63, 3.8) is 0 Å². The van der Waals surface area contributed by atoms with E-state index in [-0.39, 0.29) is 18.2 Å².